The number of hydrogen-bond donors (Lipinski definition) is 1. The molecule has 1 N–H and O–H groups in total. The Balaban J connectivity index is 2.05. The minimum absolute atomic E-state index is 0.371. The summed E-state index contributed by atoms with van der Waals surface area (Å²) in [5.74, 6) is 0. The van der Waals surface area contributed by atoms with Gasteiger partial charge >= 0.3 is 0 Å². The molecule has 0 aromatic heterocycles. The van der Waals surface area contributed by atoms with E-state index in [1.807, 2.05) is 12.1 Å². The summed E-state index contributed by atoms with van der Waals surface area (Å²) in [5, 5.41) is 16.0. The van der Waals surface area contributed by atoms with Gasteiger partial charge in [0, 0.05) is 30.8 Å². The summed E-state index contributed by atoms with van der Waals surface area (Å²) in [4.78, 5) is 2.69. The minimum Gasteiger partial charge on any atom is -0.299 e. The fourth-order valence-electron chi connectivity index (χ4n) is 2.25. The third-order valence-electron chi connectivity index (χ3n) is 3.06. The van der Waals surface area contributed by atoms with Crippen LogP contribution in [0.5, 0.6) is 0 Å². The lowest BCUT2D eigenvalue weighted by atomic mass is 9.98. The number of nitrogens with zero attached hydrogens (tertiary/aromatic N) is 4. The maximum Gasteiger partial charge on any atom is 0.114 e. The quantitative estimate of drug-likeness (QED) is 0.369. The number of fused-ring (bicyclic) bond motifs is 1. The van der Waals surface area contributed by atoms with E-state index in [4.69, 9.17) is 5.53 Å². The van der Waals surface area contributed by atoms with Crippen LogP contribution in [0.3, 0.4) is 0 Å². The molecule has 5 heteroatoms. The van der Waals surface area contributed by atoms with Gasteiger partial charge in [-0.05, 0) is 16.7 Å². The molecule has 5 nitrogen and oxygen atoms in total. The van der Waals surface area contributed by atoms with Gasteiger partial charge in [-0.2, -0.15) is 5.26 Å². The Bertz CT molecular complexity index is 471. The largest absolute Gasteiger partial charge is 0.299 e. The number of benzene rings is 1. The summed E-state index contributed by atoms with van der Waals surface area (Å²) in [5.41, 5.74) is 10.1. The van der Waals surface area contributed by atoms with E-state index in [9.17, 15) is 5.26 Å². The monoisotopic (exact) mass is 227 g/mol. The number of rotatable bonds is 4. The SMILES string of the molecule is N#CC1(NCCN=[N+]=[N-])Cc2ccccc2C1. The highest BCUT2D eigenvalue weighted by Crippen LogP contribution is 2.29. The standard InChI is InChI=1S/C12H13N5/c13-9-12(15-5-6-16-17-14)7-10-3-1-2-4-11(10)8-12/h1-4,15H,5-8H2. The zero-order chi connectivity index (χ0) is 12.1. The number of nitriles is 1. The van der Waals surface area contributed by atoms with Gasteiger partial charge in [0.05, 0.1) is 6.07 Å². The van der Waals surface area contributed by atoms with Gasteiger partial charge in [-0.25, -0.2) is 0 Å². The van der Waals surface area contributed by atoms with E-state index in [1.165, 1.54) is 11.1 Å². The van der Waals surface area contributed by atoms with Crippen molar-refractivity contribution in [2.45, 2.75) is 18.4 Å². The predicted molar refractivity (Wildman–Crippen MR) is 64.2 cm³/mol. The molecule has 2 rings (SSSR count). The molecule has 0 fully saturated rings. The summed E-state index contributed by atoms with van der Waals surface area (Å²) in [6.07, 6.45) is 1.44. The number of nitrogens with one attached hydrogen (secondary N) is 1. The highest BCUT2D eigenvalue weighted by Gasteiger charge is 2.36. The second-order valence-electron chi connectivity index (χ2n) is 4.20. The Labute approximate surface area is 99.7 Å². The molecule has 0 heterocycles. The summed E-state index contributed by atoms with van der Waals surface area (Å²) < 4.78 is 0. The average molecular weight is 227 g/mol. The van der Waals surface area contributed by atoms with Crippen molar-refractivity contribution >= 4 is 0 Å². The van der Waals surface area contributed by atoms with Crippen molar-refractivity contribution in [2.75, 3.05) is 13.1 Å². The lowest BCUT2D eigenvalue weighted by Crippen LogP contribution is -2.45. The van der Waals surface area contributed by atoms with E-state index in [-0.39, 0.29) is 0 Å². The molecule has 0 unspecified atom stereocenters. The summed E-state index contributed by atoms with van der Waals surface area (Å²) in [7, 11) is 0. The normalized spacial score (nSPS) is 15.7. The molecule has 1 aromatic carbocycles. The maximum absolute atomic E-state index is 9.33. The molecule has 86 valence electrons. The first-order chi connectivity index (χ1) is 8.29. The Kier molecular flexibility index (Phi) is 3.29. The molecule has 17 heavy (non-hydrogen) atoms. The van der Waals surface area contributed by atoms with E-state index in [0.29, 0.717) is 13.1 Å². The van der Waals surface area contributed by atoms with Crippen LogP contribution in [-0.2, 0) is 12.8 Å². The molecular formula is C12H13N5. The molecule has 0 saturated carbocycles. The van der Waals surface area contributed by atoms with Crippen LogP contribution in [0, 0.1) is 11.3 Å². The van der Waals surface area contributed by atoms with Crippen LogP contribution in [-0.4, -0.2) is 18.6 Å². The van der Waals surface area contributed by atoms with Crippen LogP contribution in [0.25, 0.3) is 10.4 Å². The molecule has 1 aliphatic carbocycles. The highest BCUT2D eigenvalue weighted by atomic mass is 15.1. The van der Waals surface area contributed by atoms with Gasteiger partial charge in [0.25, 0.3) is 0 Å². The Hall–Kier alpha value is -2.02. The van der Waals surface area contributed by atoms with Crippen molar-refractivity contribution in [2.24, 2.45) is 5.11 Å². The third kappa shape index (κ3) is 2.39. The summed E-state index contributed by atoms with van der Waals surface area (Å²) in [6, 6.07) is 10.5. The van der Waals surface area contributed by atoms with Crippen LogP contribution in [0.4, 0.5) is 0 Å². The molecule has 0 atom stereocenters. The molecule has 0 radical (unpaired) electrons. The molecule has 1 aromatic rings. The van der Waals surface area contributed by atoms with Crippen LogP contribution in [0.2, 0.25) is 0 Å². The molecule has 1 aliphatic rings. The van der Waals surface area contributed by atoms with Crippen LogP contribution < -0.4 is 5.32 Å². The van der Waals surface area contributed by atoms with Crippen molar-refractivity contribution < 1.29 is 0 Å². The van der Waals surface area contributed by atoms with Crippen LogP contribution in [0.1, 0.15) is 11.1 Å². The van der Waals surface area contributed by atoms with Crippen molar-refractivity contribution in [3.63, 3.8) is 0 Å². The highest BCUT2D eigenvalue weighted by molar-refractivity contribution is 5.39. The minimum atomic E-state index is -0.533. The molecule has 0 bridgehead atoms. The lowest BCUT2D eigenvalue weighted by Gasteiger charge is -2.21. The number of hydrogen-bond acceptors (Lipinski definition) is 3. The van der Waals surface area contributed by atoms with Gasteiger partial charge in [-0.1, -0.05) is 29.4 Å². The van der Waals surface area contributed by atoms with Crippen molar-refractivity contribution in [3.05, 3.63) is 45.8 Å². The molecule has 0 aliphatic heterocycles. The van der Waals surface area contributed by atoms with Gasteiger partial charge in [0.1, 0.15) is 5.54 Å². The van der Waals surface area contributed by atoms with Crippen molar-refractivity contribution in [1.29, 1.82) is 5.26 Å². The average Bonchev–Trinajstić information content (AvgIpc) is 2.74. The van der Waals surface area contributed by atoms with Gasteiger partial charge in [-0.3, -0.25) is 5.32 Å². The van der Waals surface area contributed by atoms with Crippen LogP contribution in [0.15, 0.2) is 29.4 Å². The van der Waals surface area contributed by atoms with E-state index in [2.05, 4.69) is 33.5 Å². The van der Waals surface area contributed by atoms with Gasteiger partial charge in [0.15, 0.2) is 0 Å². The lowest BCUT2D eigenvalue weighted by molar-refractivity contribution is 0.437. The molecular weight excluding hydrogens is 214 g/mol. The van der Waals surface area contributed by atoms with Gasteiger partial charge in [0.2, 0.25) is 0 Å². The Morgan fingerprint density at radius 3 is 2.59 bits per heavy atom. The zero-order valence-electron chi connectivity index (χ0n) is 9.43. The summed E-state index contributed by atoms with van der Waals surface area (Å²) in [6.45, 7) is 0.905. The molecule has 0 amide bonds. The maximum atomic E-state index is 9.33. The van der Waals surface area contributed by atoms with E-state index >= 15 is 0 Å². The zero-order valence-corrected chi connectivity index (χ0v) is 9.43. The fourth-order valence-corrected chi connectivity index (χ4v) is 2.25. The summed E-state index contributed by atoms with van der Waals surface area (Å²) >= 11 is 0. The van der Waals surface area contributed by atoms with Crippen molar-refractivity contribution in [1.82, 2.24) is 5.32 Å². The topological polar surface area (TPSA) is 84.6 Å². The fraction of sp³-hybridized carbons (Fsp3) is 0.417. The van der Waals surface area contributed by atoms with Crippen LogP contribution >= 0.6 is 0 Å². The number of azide groups is 1. The molecule has 0 saturated heterocycles. The smallest absolute Gasteiger partial charge is 0.114 e. The third-order valence-corrected chi connectivity index (χ3v) is 3.06. The predicted octanol–water partition coefficient (Wildman–Crippen LogP) is 1.95. The van der Waals surface area contributed by atoms with E-state index < -0.39 is 5.54 Å². The first-order valence-corrected chi connectivity index (χ1v) is 5.53. The Morgan fingerprint density at radius 1 is 1.41 bits per heavy atom. The second kappa shape index (κ2) is 4.88. The van der Waals surface area contributed by atoms with E-state index in [1.54, 1.807) is 0 Å². The first kappa shape index (κ1) is 11.5. The van der Waals surface area contributed by atoms with Crippen molar-refractivity contribution in [3.8, 4) is 6.07 Å². The van der Waals surface area contributed by atoms with Gasteiger partial charge in [-0.15, -0.1) is 0 Å². The van der Waals surface area contributed by atoms with E-state index in [0.717, 1.165) is 12.8 Å². The molecule has 0 spiro atoms. The van der Waals surface area contributed by atoms with Gasteiger partial charge < -0.3 is 0 Å². The Morgan fingerprint density at radius 2 is 2.06 bits per heavy atom. The second-order valence-corrected chi connectivity index (χ2v) is 4.20. The first-order valence-electron chi connectivity index (χ1n) is 5.53.